The molecule has 1 saturated carbocycles. The number of rotatable bonds is 11. The summed E-state index contributed by atoms with van der Waals surface area (Å²) in [5.74, 6) is -0.0551. The summed E-state index contributed by atoms with van der Waals surface area (Å²) in [4.78, 5) is 11.7. The minimum absolute atomic E-state index is 0.0551. The second kappa shape index (κ2) is 8.34. The number of carbonyl (C=O) groups excluding carboxylic acids is 1. The van der Waals surface area contributed by atoms with Crippen LogP contribution in [0.2, 0.25) is 0 Å². The van der Waals surface area contributed by atoms with Gasteiger partial charge in [0.1, 0.15) is 0 Å². The molecule has 0 unspecified atom stereocenters. The van der Waals surface area contributed by atoms with Crippen molar-refractivity contribution in [3.05, 3.63) is 12.8 Å². The van der Waals surface area contributed by atoms with E-state index in [0.717, 1.165) is 19.3 Å². The van der Waals surface area contributed by atoms with Crippen molar-refractivity contribution in [2.75, 3.05) is 0 Å². The molecule has 0 radical (unpaired) electrons. The van der Waals surface area contributed by atoms with Gasteiger partial charge in [-0.1, -0.05) is 64.9 Å². The lowest BCUT2D eigenvalue weighted by Gasteiger charge is -2.11. The molecule has 2 heteroatoms. The van der Waals surface area contributed by atoms with Crippen LogP contribution in [0.4, 0.5) is 0 Å². The van der Waals surface area contributed by atoms with Crippen molar-refractivity contribution < 1.29 is 9.53 Å². The number of unbranched alkanes of at least 4 members (excludes halogenated alkanes) is 7. The Morgan fingerprint density at radius 2 is 1.67 bits per heavy atom. The van der Waals surface area contributed by atoms with Crippen LogP contribution in [0.5, 0.6) is 0 Å². The average Bonchev–Trinajstić information content (AvgIpc) is 3.14. The quantitative estimate of drug-likeness (QED) is 0.294. The van der Waals surface area contributed by atoms with Crippen LogP contribution < -0.4 is 0 Å². The zero-order valence-electron chi connectivity index (χ0n) is 11.9. The molecule has 0 aromatic carbocycles. The van der Waals surface area contributed by atoms with Crippen LogP contribution in [0.3, 0.4) is 0 Å². The fourth-order valence-corrected chi connectivity index (χ4v) is 2.51. The molecule has 0 atom stereocenters. The van der Waals surface area contributed by atoms with E-state index in [2.05, 4.69) is 13.5 Å². The summed E-state index contributed by atoms with van der Waals surface area (Å²) in [5, 5.41) is 0. The molecule has 1 rings (SSSR count). The number of carbonyl (C=O) groups is 1. The lowest BCUT2D eigenvalue weighted by Crippen LogP contribution is -2.16. The van der Waals surface area contributed by atoms with Crippen molar-refractivity contribution in [2.45, 2.75) is 77.6 Å². The van der Waals surface area contributed by atoms with Gasteiger partial charge in [-0.3, -0.25) is 4.79 Å². The second-order valence-electron chi connectivity index (χ2n) is 5.58. The summed E-state index contributed by atoms with van der Waals surface area (Å²) in [6, 6.07) is 0. The van der Waals surface area contributed by atoms with E-state index in [-0.39, 0.29) is 11.4 Å². The number of hydrogen-bond donors (Lipinski definition) is 0. The van der Waals surface area contributed by atoms with Gasteiger partial charge < -0.3 is 4.74 Å². The van der Waals surface area contributed by atoms with Gasteiger partial charge in [-0.15, -0.1) is 0 Å². The number of esters is 1. The van der Waals surface area contributed by atoms with E-state index in [0.29, 0.717) is 0 Å². The van der Waals surface area contributed by atoms with Gasteiger partial charge in [-0.05, 0) is 19.3 Å². The highest BCUT2D eigenvalue weighted by atomic mass is 16.5. The minimum Gasteiger partial charge on any atom is -0.435 e. The monoisotopic (exact) mass is 252 g/mol. The molecule has 1 aliphatic carbocycles. The van der Waals surface area contributed by atoms with Gasteiger partial charge in [-0.2, -0.15) is 0 Å². The maximum absolute atomic E-state index is 11.7. The van der Waals surface area contributed by atoms with Gasteiger partial charge in [-0.25, -0.2) is 0 Å². The molecule has 0 saturated heterocycles. The molecule has 18 heavy (non-hydrogen) atoms. The predicted molar refractivity (Wildman–Crippen MR) is 75.2 cm³/mol. The predicted octanol–water partition coefficient (Wildman–Crippen LogP) is 4.98. The standard InChI is InChI=1S/C16H28O2/c1-3-5-6-7-8-9-10-11-12-16(13-14-16)15(17)18-4-2/h4H,2-3,5-14H2,1H3. The molecule has 0 bridgehead atoms. The minimum atomic E-state index is -0.129. The molecule has 1 fully saturated rings. The van der Waals surface area contributed by atoms with E-state index in [1.807, 2.05) is 0 Å². The summed E-state index contributed by atoms with van der Waals surface area (Å²) in [6.07, 6.45) is 14.8. The van der Waals surface area contributed by atoms with E-state index >= 15 is 0 Å². The van der Waals surface area contributed by atoms with Crippen molar-refractivity contribution in [3.8, 4) is 0 Å². The third-order valence-corrected chi connectivity index (χ3v) is 3.99. The smallest absolute Gasteiger partial charge is 0.316 e. The van der Waals surface area contributed by atoms with E-state index in [1.165, 1.54) is 57.6 Å². The van der Waals surface area contributed by atoms with Crippen LogP contribution in [0.15, 0.2) is 12.8 Å². The first-order valence-corrected chi connectivity index (χ1v) is 7.57. The Morgan fingerprint density at radius 3 is 2.17 bits per heavy atom. The average molecular weight is 252 g/mol. The maximum atomic E-state index is 11.7. The van der Waals surface area contributed by atoms with Gasteiger partial charge in [0, 0.05) is 0 Å². The number of hydrogen-bond acceptors (Lipinski definition) is 2. The lowest BCUT2D eigenvalue weighted by atomic mass is 9.97. The van der Waals surface area contributed by atoms with Gasteiger partial charge >= 0.3 is 5.97 Å². The largest absolute Gasteiger partial charge is 0.435 e. The molecule has 1 aliphatic rings. The lowest BCUT2D eigenvalue weighted by molar-refractivity contribution is -0.144. The molecule has 0 aromatic heterocycles. The molecule has 0 aliphatic heterocycles. The highest BCUT2D eigenvalue weighted by molar-refractivity contribution is 5.80. The topological polar surface area (TPSA) is 26.3 Å². The van der Waals surface area contributed by atoms with Crippen LogP contribution in [0.1, 0.15) is 77.6 Å². The molecule has 0 amide bonds. The van der Waals surface area contributed by atoms with Gasteiger partial charge in [0.25, 0.3) is 0 Å². The first-order chi connectivity index (χ1) is 8.75. The van der Waals surface area contributed by atoms with Gasteiger partial charge in [0.05, 0.1) is 11.7 Å². The SMILES string of the molecule is C=COC(=O)C1(CCCCCCCCCC)CC1. The summed E-state index contributed by atoms with van der Waals surface area (Å²) in [7, 11) is 0. The Morgan fingerprint density at radius 1 is 1.11 bits per heavy atom. The Hall–Kier alpha value is -0.790. The fraction of sp³-hybridized carbons (Fsp3) is 0.812. The Balaban J connectivity index is 1.97. The Labute approximate surface area is 112 Å². The van der Waals surface area contributed by atoms with Crippen LogP contribution in [0, 0.1) is 5.41 Å². The maximum Gasteiger partial charge on any atom is 0.316 e. The van der Waals surface area contributed by atoms with Crippen LogP contribution >= 0.6 is 0 Å². The third-order valence-electron chi connectivity index (χ3n) is 3.99. The van der Waals surface area contributed by atoms with E-state index in [9.17, 15) is 4.79 Å². The van der Waals surface area contributed by atoms with Crippen LogP contribution in [-0.2, 0) is 9.53 Å². The van der Waals surface area contributed by atoms with Gasteiger partial charge in [0.15, 0.2) is 0 Å². The first-order valence-electron chi connectivity index (χ1n) is 7.57. The highest BCUT2D eigenvalue weighted by Crippen LogP contribution is 2.51. The van der Waals surface area contributed by atoms with Crippen molar-refractivity contribution in [1.82, 2.24) is 0 Å². The van der Waals surface area contributed by atoms with E-state index in [4.69, 9.17) is 4.74 Å². The van der Waals surface area contributed by atoms with Crippen molar-refractivity contribution in [3.63, 3.8) is 0 Å². The highest BCUT2D eigenvalue weighted by Gasteiger charge is 2.50. The molecular formula is C16H28O2. The summed E-state index contributed by atoms with van der Waals surface area (Å²) in [5.41, 5.74) is -0.129. The van der Waals surface area contributed by atoms with Crippen molar-refractivity contribution in [1.29, 1.82) is 0 Å². The Bertz CT molecular complexity index is 254. The van der Waals surface area contributed by atoms with E-state index < -0.39 is 0 Å². The summed E-state index contributed by atoms with van der Waals surface area (Å²) in [6.45, 7) is 5.69. The summed E-state index contributed by atoms with van der Waals surface area (Å²) < 4.78 is 4.92. The second-order valence-corrected chi connectivity index (χ2v) is 5.58. The number of ether oxygens (including phenoxy) is 1. The Kier molecular flexibility index (Phi) is 7.07. The zero-order valence-corrected chi connectivity index (χ0v) is 11.9. The molecule has 104 valence electrons. The summed E-state index contributed by atoms with van der Waals surface area (Å²) >= 11 is 0. The van der Waals surface area contributed by atoms with E-state index in [1.54, 1.807) is 0 Å². The molecule has 2 nitrogen and oxygen atoms in total. The zero-order chi connectivity index (χ0) is 13.3. The fourth-order valence-electron chi connectivity index (χ4n) is 2.51. The molecule has 0 spiro atoms. The third kappa shape index (κ3) is 5.24. The van der Waals surface area contributed by atoms with Crippen molar-refractivity contribution in [2.24, 2.45) is 5.41 Å². The molecular weight excluding hydrogens is 224 g/mol. The van der Waals surface area contributed by atoms with Crippen LogP contribution in [0.25, 0.3) is 0 Å². The van der Waals surface area contributed by atoms with Crippen LogP contribution in [-0.4, -0.2) is 5.97 Å². The first kappa shape index (κ1) is 15.3. The van der Waals surface area contributed by atoms with Crippen molar-refractivity contribution >= 4 is 5.97 Å². The molecule has 0 heterocycles. The molecule has 0 N–H and O–H groups in total. The molecule has 0 aromatic rings. The van der Waals surface area contributed by atoms with Gasteiger partial charge in [0.2, 0.25) is 0 Å². The normalized spacial score (nSPS) is 16.3.